The molecule has 1 aromatic carbocycles. The normalized spacial score (nSPS) is 16.2. The van der Waals surface area contributed by atoms with Gasteiger partial charge in [0.2, 0.25) is 0 Å². The van der Waals surface area contributed by atoms with Crippen molar-refractivity contribution >= 4 is 29.1 Å². The van der Waals surface area contributed by atoms with E-state index in [2.05, 4.69) is 10.3 Å². The predicted octanol–water partition coefficient (Wildman–Crippen LogP) is 3.06. The molecule has 0 radical (unpaired) electrons. The highest BCUT2D eigenvalue weighted by atomic mass is 35.5. The standard InChI is InChI=1S/C14H14Cl2N4O/c15-12-2-1-10(9-13(12)16)14(21)19-6-3-11(4-7-19)20-8-5-17-18-20/h1-2,5,8-9,11H,3-4,6-7H2. The summed E-state index contributed by atoms with van der Waals surface area (Å²) in [5, 5.41) is 8.70. The second-order valence-corrected chi connectivity index (χ2v) is 5.85. The molecular formula is C14H14Cl2N4O. The van der Waals surface area contributed by atoms with Gasteiger partial charge in [-0.25, -0.2) is 4.68 Å². The number of halogens is 2. The molecule has 0 saturated carbocycles. The Morgan fingerprint density at radius 2 is 1.95 bits per heavy atom. The maximum absolute atomic E-state index is 12.4. The molecule has 1 aromatic heterocycles. The molecule has 2 aromatic rings. The molecular weight excluding hydrogens is 311 g/mol. The fraction of sp³-hybridized carbons (Fsp3) is 0.357. The lowest BCUT2D eigenvalue weighted by Gasteiger charge is -2.32. The van der Waals surface area contributed by atoms with Crippen LogP contribution in [0.15, 0.2) is 30.6 Å². The van der Waals surface area contributed by atoms with E-state index in [0.29, 0.717) is 34.7 Å². The molecule has 0 spiro atoms. The Morgan fingerprint density at radius 3 is 2.57 bits per heavy atom. The second kappa shape index (κ2) is 6.03. The molecule has 2 heterocycles. The molecule has 1 fully saturated rings. The molecule has 110 valence electrons. The minimum absolute atomic E-state index is 0.00870. The Bertz CT molecular complexity index is 636. The maximum atomic E-state index is 12.4. The second-order valence-electron chi connectivity index (χ2n) is 5.04. The van der Waals surface area contributed by atoms with Crippen molar-refractivity contribution < 1.29 is 4.79 Å². The van der Waals surface area contributed by atoms with Gasteiger partial charge in [-0.05, 0) is 31.0 Å². The minimum Gasteiger partial charge on any atom is -0.338 e. The molecule has 3 rings (SSSR count). The average molecular weight is 325 g/mol. The highest BCUT2D eigenvalue weighted by Crippen LogP contribution is 2.26. The summed E-state index contributed by atoms with van der Waals surface area (Å²) in [6, 6.07) is 5.29. The Morgan fingerprint density at radius 1 is 1.19 bits per heavy atom. The molecule has 1 aliphatic rings. The van der Waals surface area contributed by atoms with Crippen LogP contribution in [0.4, 0.5) is 0 Å². The molecule has 0 atom stereocenters. The number of benzene rings is 1. The topological polar surface area (TPSA) is 51.0 Å². The van der Waals surface area contributed by atoms with Crippen molar-refractivity contribution in [3.05, 3.63) is 46.2 Å². The van der Waals surface area contributed by atoms with Gasteiger partial charge in [0.15, 0.2) is 0 Å². The molecule has 0 unspecified atom stereocenters. The highest BCUT2D eigenvalue weighted by molar-refractivity contribution is 6.42. The molecule has 7 heteroatoms. The summed E-state index contributed by atoms with van der Waals surface area (Å²) in [7, 11) is 0. The van der Waals surface area contributed by atoms with Gasteiger partial charge in [0.05, 0.1) is 22.3 Å². The third-order valence-corrected chi connectivity index (χ3v) is 4.47. The zero-order valence-corrected chi connectivity index (χ0v) is 12.8. The summed E-state index contributed by atoms with van der Waals surface area (Å²) < 4.78 is 1.86. The van der Waals surface area contributed by atoms with Crippen LogP contribution in [-0.4, -0.2) is 38.9 Å². The summed E-state index contributed by atoms with van der Waals surface area (Å²) in [5.41, 5.74) is 0.573. The van der Waals surface area contributed by atoms with Gasteiger partial charge in [0, 0.05) is 24.8 Å². The molecule has 21 heavy (non-hydrogen) atoms. The van der Waals surface area contributed by atoms with Crippen molar-refractivity contribution in [3.8, 4) is 0 Å². The van der Waals surface area contributed by atoms with Gasteiger partial charge in [-0.15, -0.1) is 5.10 Å². The largest absolute Gasteiger partial charge is 0.338 e. The number of aromatic nitrogens is 3. The highest BCUT2D eigenvalue weighted by Gasteiger charge is 2.25. The van der Waals surface area contributed by atoms with Crippen molar-refractivity contribution in [2.45, 2.75) is 18.9 Å². The van der Waals surface area contributed by atoms with Crippen LogP contribution in [0.3, 0.4) is 0 Å². The number of piperidine rings is 1. The quantitative estimate of drug-likeness (QED) is 0.853. The lowest BCUT2D eigenvalue weighted by atomic mass is 10.0. The molecule has 0 N–H and O–H groups in total. The van der Waals surface area contributed by atoms with Crippen molar-refractivity contribution in [2.75, 3.05) is 13.1 Å². The van der Waals surface area contributed by atoms with E-state index in [1.54, 1.807) is 24.4 Å². The van der Waals surface area contributed by atoms with E-state index in [1.165, 1.54) is 0 Å². The first kappa shape index (κ1) is 14.4. The monoisotopic (exact) mass is 324 g/mol. The fourth-order valence-electron chi connectivity index (χ4n) is 2.56. The smallest absolute Gasteiger partial charge is 0.253 e. The number of nitrogens with zero attached hydrogens (tertiary/aromatic N) is 4. The van der Waals surface area contributed by atoms with Crippen LogP contribution in [0, 0.1) is 0 Å². The maximum Gasteiger partial charge on any atom is 0.253 e. The van der Waals surface area contributed by atoms with Crippen LogP contribution in [0.1, 0.15) is 29.2 Å². The third-order valence-electron chi connectivity index (χ3n) is 3.73. The predicted molar refractivity (Wildman–Crippen MR) is 80.7 cm³/mol. The molecule has 1 aliphatic heterocycles. The van der Waals surface area contributed by atoms with E-state index in [1.807, 2.05) is 15.8 Å². The zero-order valence-electron chi connectivity index (χ0n) is 11.2. The first-order valence-electron chi connectivity index (χ1n) is 6.75. The first-order valence-corrected chi connectivity index (χ1v) is 7.51. The SMILES string of the molecule is O=C(c1ccc(Cl)c(Cl)c1)N1CCC(n2ccnn2)CC1. The van der Waals surface area contributed by atoms with Crippen LogP contribution in [0.25, 0.3) is 0 Å². The molecule has 5 nitrogen and oxygen atoms in total. The summed E-state index contributed by atoms with van der Waals surface area (Å²) in [6.07, 6.45) is 5.28. The van der Waals surface area contributed by atoms with Crippen LogP contribution in [0.2, 0.25) is 10.0 Å². The summed E-state index contributed by atoms with van der Waals surface area (Å²) in [5.74, 6) is -0.00870. The Balaban J connectivity index is 1.66. The minimum atomic E-state index is -0.00870. The summed E-state index contributed by atoms with van der Waals surface area (Å²) >= 11 is 11.8. The number of amides is 1. The fourth-order valence-corrected chi connectivity index (χ4v) is 2.86. The lowest BCUT2D eigenvalue weighted by molar-refractivity contribution is 0.0689. The van der Waals surface area contributed by atoms with Gasteiger partial charge in [-0.3, -0.25) is 4.79 Å². The van der Waals surface area contributed by atoms with E-state index in [-0.39, 0.29) is 5.91 Å². The number of rotatable bonds is 2. The van der Waals surface area contributed by atoms with Crippen LogP contribution < -0.4 is 0 Å². The van der Waals surface area contributed by atoms with Crippen molar-refractivity contribution in [2.24, 2.45) is 0 Å². The average Bonchev–Trinajstić information content (AvgIpc) is 3.04. The number of hydrogen-bond acceptors (Lipinski definition) is 3. The lowest BCUT2D eigenvalue weighted by Crippen LogP contribution is -2.39. The van der Waals surface area contributed by atoms with Gasteiger partial charge in [0.25, 0.3) is 5.91 Å². The van der Waals surface area contributed by atoms with E-state index in [9.17, 15) is 4.79 Å². The first-order chi connectivity index (χ1) is 10.1. The summed E-state index contributed by atoms with van der Waals surface area (Å²) in [4.78, 5) is 14.3. The van der Waals surface area contributed by atoms with Crippen LogP contribution in [0.5, 0.6) is 0 Å². The number of carbonyl (C=O) groups excluding carboxylic acids is 1. The van der Waals surface area contributed by atoms with Crippen molar-refractivity contribution in [1.29, 1.82) is 0 Å². The van der Waals surface area contributed by atoms with Crippen molar-refractivity contribution in [3.63, 3.8) is 0 Å². The van der Waals surface area contributed by atoms with E-state index < -0.39 is 0 Å². The molecule has 0 bridgehead atoms. The van der Waals surface area contributed by atoms with Gasteiger partial charge in [0.1, 0.15) is 0 Å². The van der Waals surface area contributed by atoms with Crippen LogP contribution >= 0.6 is 23.2 Å². The third kappa shape index (κ3) is 3.04. The van der Waals surface area contributed by atoms with Crippen molar-refractivity contribution in [1.82, 2.24) is 19.9 Å². The number of hydrogen-bond donors (Lipinski definition) is 0. The summed E-state index contributed by atoms with van der Waals surface area (Å²) in [6.45, 7) is 1.40. The van der Waals surface area contributed by atoms with Crippen LogP contribution in [-0.2, 0) is 0 Å². The van der Waals surface area contributed by atoms with Gasteiger partial charge >= 0.3 is 0 Å². The van der Waals surface area contributed by atoms with Gasteiger partial charge in [-0.2, -0.15) is 0 Å². The van der Waals surface area contributed by atoms with E-state index in [0.717, 1.165) is 12.8 Å². The number of carbonyl (C=O) groups is 1. The molecule has 1 amide bonds. The van der Waals surface area contributed by atoms with E-state index in [4.69, 9.17) is 23.2 Å². The Hall–Kier alpha value is -1.59. The zero-order chi connectivity index (χ0) is 14.8. The number of likely N-dealkylation sites (tertiary alicyclic amines) is 1. The Labute approximate surface area is 132 Å². The van der Waals surface area contributed by atoms with Gasteiger partial charge < -0.3 is 4.90 Å². The molecule has 1 saturated heterocycles. The Kier molecular flexibility index (Phi) is 4.12. The van der Waals surface area contributed by atoms with E-state index >= 15 is 0 Å². The molecule has 0 aliphatic carbocycles. The van der Waals surface area contributed by atoms with Gasteiger partial charge in [-0.1, -0.05) is 28.4 Å².